The van der Waals surface area contributed by atoms with Crippen molar-refractivity contribution in [2.75, 3.05) is 4.98 Å². The fraction of sp³-hybridized carbons (Fsp3) is 0.188. The molecule has 2 aromatic rings. The molecule has 21 heavy (non-hydrogen) atoms. The van der Waals surface area contributed by atoms with Crippen molar-refractivity contribution >= 4 is 25.2 Å². The van der Waals surface area contributed by atoms with Gasteiger partial charge in [0.1, 0.15) is 0 Å². The lowest BCUT2D eigenvalue weighted by molar-refractivity contribution is 1.17. The summed E-state index contributed by atoms with van der Waals surface area (Å²) in [6.45, 7) is 11.6. The number of anilines is 1. The second kappa shape index (κ2) is 6.94. The third-order valence-corrected chi connectivity index (χ3v) is 7.30. The zero-order valence-electron chi connectivity index (χ0n) is 12.1. The van der Waals surface area contributed by atoms with E-state index in [1.165, 1.54) is 0 Å². The summed E-state index contributed by atoms with van der Waals surface area (Å²) < 4.78 is 0. The quantitative estimate of drug-likeness (QED) is 0.592. The van der Waals surface area contributed by atoms with Gasteiger partial charge in [-0.3, -0.25) is 0 Å². The number of fused-ring (bicyclic) bond motifs is 1. The molecule has 2 aromatic heterocycles. The van der Waals surface area contributed by atoms with Crippen molar-refractivity contribution in [1.82, 2.24) is 15.0 Å². The van der Waals surface area contributed by atoms with E-state index in [1.54, 1.807) is 12.4 Å². The van der Waals surface area contributed by atoms with Gasteiger partial charge in [0, 0.05) is 17.8 Å². The van der Waals surface area contributed by atoms with Crippen LogP contribution in [0, 0.1) is 0 Å². The highest BCUT2D eigenvalue weighted by Crippen LogP contribution is 2.24. The second-order valence-electron chi connectivity index (χ2n) is 4.99. The Kier molecular flexibility index (Phi) is 5.00. The van der Waals surface area contributed by atoms with E-state index in [2.05, 4.69) is 39.7 Å². The molecule has 5 heteroatoms. The van der Waals surface area contributed by atoms with Crippen LogP contribution in [0.4, 0.5) is 5.95 Å². The molecular weight excluding hydrogens is 276 g/mol. The van der Waals surface area contributed by atoms with Gasteiger partial charge in [-0.25, -0.2) is 9.97 Å². The third kappa shape index (κ3) is 3.64. The largest absolute Gasteiger partial charge is 0.379 e. The van der Waals surface area contributed by atoms with Crippen molar-refractivity contribution in [2.24, 2.45) is 0 Å². The zero-order chi connectivity index (χ0) is 15.1. The van der Waals surface area contributed by atoms with E-state index in [1.807, 2.05) is 30.4 Å². The summed E-state index contributed by atoms with van der Waals surface area (Å²) in [5.41, 5.74) is 0.703. The zero-order valence-corrected chi connectivity index (χ0v) is 13.1. The maximum absolute atomic E-state index is 4.51. The Balaban J connectivity index is 2.34. The van der Waals surface area contributed by atoms with Gasteiger partial charge in [-0.15, -0.1) is 19.7 Å². The van der Waals surface area contributed by atoms with Crippen molar-refractivity contribution in [3.05, 3.63) is 62.5 Å². The smallest absolute Gasteiger partial charge is 0.216 e. The number of hydrogen-bond donors (Lipinski definition) is 1. The minimum absolute atomic E-state index is 0.624. The van der Waals surface area contributed by atoms with Crippen molar-refractivity contribution in [3.63, 3.8) is 0 Å². The summed E-state index contributed by atoms with van der Waals surface area (Å²) in [6, 6.07) is 6.57. The molecule has 0 radical (unpaired) electrons. The predicted molar refractivity (Wildman–Crippen MR) is 91.7 cm³/mol. The highest BCUT2D eigenvalue weighted by atomic mass is 28.3. The summed E-state index contributed by atoms with van der Waals surface area (Å²) in [4.78, 5) is 16.7. The van der Waals surface area contributed by atoms with Crippen molar-refractivity contribution < 1.29 is 0 Å². The molecule has 108 valence electrons. The lowest BCUT2D eigenvalue weighted by Gasteiger charge is -2.29. The number of nitrogens with zero attached hydrogens (tertiary/aromatic N) is 3. The van der Waals surface area contributed by atoms with Crippen LogP contribution >= 0.6 is 0 Å². The molecule has 0 fully saturated rings. The van der Waals surface area contributed by atoms with Crippen LogP contribution in [0.5, 0.6) is 0 Å². The van der Waals surface area contributed by atoms with Crippen LogP contribution in [0.15, 0.2) is 62.5 Å². The second-order valence-corrected chi connectivity index (χ2v) is 9.03. The van der Waals surface area contributed by atoms with Crippen molar-refractivity contribution in [1.29, 1.82) is 0 Å². The van der Waals surface area contributed by atoms with E-state index in [9.17, 15) is 0 Å². The molecule has 0 aliphatic carbocycles. The maximum atomic E-state index is 4.51. The minimum atomic E-state index is -1.88. The van der Waals surface area contributed by atoms with E-state index in [-0.39, 0.29) is 0 Å². The normalized spacial score (nSPS) is 11.0. The third-order valence-electron chi connectivity index (χ3n) is 3.34. The van der Waals surface area contributed by atoms with Gasteiger partial charge in [-0.05, 0) is 30.3 Å². The van der Waals surface area contributed by atoms with Crippen LogP contribution < -0.4 is 4.98 Å². The Bertz CT molecular complexity index is 627. The summed E-state index contributed by atoms with van der Waals surface area (Å²) >= 11 is 0. The Morgan fingerprint density at radius 1 is 1.05 bits per heavy atom. The van der Waals surface area contributed by atoms with Gasteiger partial charge in [-0.2, -0.15) is 4.98 Å². The Morgan fingerprint density at radius 3 is 2.33 bits per heavy atom. The van der Waals surface area contributed by atoms with Gasteiger partial charge < -0.3 is 4.98 Å². The molecule has 0 aliphatic rings. The molecular formula is C16H20N4Si. The number of hydrogen-bond acceptors (Lipinski definition) is 4. The molecule has 2 heterocycles. The molecule has 1 N–H and O–H groups in total. The van der Waals surface area contributed by atoms with E-state index in [0.717, 1.165) is 23.5 Å². The number of rotatable bonds is 8. The van der Waals surface area contributed by atoms with Gasteiger partial charge in [-0.1, -0.05) is 18.2 Å². The number of pyridine rings is 1. The van der Waals surface area contributed by atoms with Crippen molar-refractivity contribution in [3.8, 4) is 0 Å². The Morgan fingerprint density at radius 2 is 1.71 bits per heavy atom. The fourth-order valence-electron chi connectivity index (χ4n) is 2.39. The molecule has 0 aliphatic heterocycles. The topological polar surface area (TPSA) is 50.7 Å². The average Bonchev–Trinajstić information content (AvgIpc) is 2.48. The van der Waals surface area contributed by atoms with Crippen LogP contribution in [-0.2, 0) is 0 Å². The number of nitrogens with one attached hydrogen (secondary N) is 1. The van der Waals surface area contributed by atoms with Gasteiger partial charge >= 0.3 is 0 Å². The van der Waals surface area contributed by atoms with E-state index in [4.69, 9.17) is 0 Å². The van der Waals surface area contributed by atoms with E-state index < -0.39 is 8.24 Å². The molecule has 0 amide bonds. The first-order chi connectivity index (χ1) is 10.2. The molecule has 0 saturated carbocycles. The summed E-state index contributed by atoms with van der Waals surface area (Å²) in [6.07, 6.45) is 9.39. The number of aromatic nitrogens is 3. The van der Waals surface area contributed by atoms with Gasteiger partial charge in [0.2, 0.25) is 5.95 Å². The highest BCUT2D eigenvalue weighted by molar-refractivity contribution is 6.83. The molecule has 0 aromatic carbocycles. The molecule has 0 unspecified atom stereocenters. The Labute approximate surface area is 126 Å². The molecule has 0 bridgehead atoms. The van der Waals surface area contributed by atoms with Crippen LogP contribution in [0.25, 0.3) is 11.0 Å². The first-order valence-electron chi connectivity index (χ1n) is 6.91. The summed E-state index contributed by atoms with van der Waals surface area (Å²) in [5.74, 6) is 0.624. The minimum Gasteiger partial charge on any atom is -0.379 e. The fourth-order valence-corrected chi connectivity index (χ4v) is 5.45. The maximum Gasteiger partial charge on any atom is 0.216 e. The van der Waals surface area contributed by atoms with Gasteiger partial charge in [0.25, 0.3) is 0 Å². The van der Waals surface area contributed by atoms with Crippen LogP contribution in [0.2, 0.25) is 18.1 Å². The number of allylic oxidation sites excluding steroid dienone is 3. The van der Waals surface area contributed by atoms with Gasteiger partial charge in [0.05, 0.1) is 0 Å². The van der Waals surface area contributed by atoms with E-state index in [0.29, 0.717) is 11.6 Å². The molecule has 0 atom stereocenters. The highest BCUT2D eigenvalue weighted by Gasteiger charge is 2.30. The monoisotopic (exact) mass is 296 g/mol. The van der Waals surface area contributed by atoms with E-state index >= 15 is 0 Å². The van der Waals surface area contributed by atoms with Gasteiger partial charge in [0.15, 0.2) is 13.9 Å². The molecule has 0 saturated heterocycles. The molecule has 2 rings (SSSR count). The lowest BCUT2D eigenvalue weighted by atomic mass is 10.3. The SMILES string of the molecule is C=CC[Si](CC=C)(CC=C)Nc1ncc2cccnc2n1. The van der Waals surface area contributed by atoms with Crippen LogP contribution in [0.1, 0.15) is 0 Å². The van der Waals surface area contributed by atoms with Crippen molar-refractivity contribution in [2.45, 2.75) is 18.1 Å². The summed E-state index contributed by atoms with van der Waals surface area (Å²) in [5, 5.41) is 0.937. The van der Waals surface area contributed by atoms with Crippen LogP contribution in [0.3, 0.4) is 0 Å². The van der Waals surface area contributed by atoms with Crippen LogP contribution in [-0.4, -0.2) is 23.2 Å². The first kappa shape index (κ1) is 15.1. The predicted octanol–water partition coefficient (Wildman–Crippen LogP) is 3.94. The average molecular weight is 296 g/mol. The first-order valence-corrected chi connectivity index (χ1v) is 9.54. The lowest BCUT2D eigenvalue weighted by Crippen LogP contribution is -2.42. The summed E-state index contributed by atoms with van der Waals surface area (Å²) in [7, 11) is -1.88. The molecule has 0 spiro atoms. The Hall–Kier alpha value is -2.27. The molecule has 4 nitrogen and oxygen atoms in total. The standard InChI is InChI=1S/C16H20N4Si/c1-4-10-21(11-5-2,12-6-3)20-16-18-13-14-8-7-9-17-15(14)19-16/h4-9,13H,1-3,10-12H2,(H,17,18,19,20).